The number of hydrogen-bond acceptors (Lipinski definition) is 5. The van der Waals surface area contributed by atoms with Crippen LogP contribution in [0.2, 0.25) is 0 Å². The van der Waals surface area contributed by atoms with E-state index in [9.17, 15) is 4.79 Å². The van der Waals surface area contributed by atoms with Crippen molar-refractivity contribution in [1.82, 2.24) is 19.3 Å². The van der Waals surface area contributed by atoms with Gasteiger partial charge >= 0.3 is 0 Å². The number of rotatable bonds is 6. The Kier molecular flexibility index (Phi) is 5.06. The SMILES string of the molecule is Cc1cccc2nc(CN(CCc3nccs3)C(C)C)cc(=O)n12. The van der Waals surface area contributed by atoms with Gasteiger partial charge in [0.05, 0.1) is 10.7 Å². The molecule has 24 heavy (non-hydrogen) atoms. The molecule has 0 aliphatic carbocycles. The predicted octanol–water partition coefficient (Wildman–Crippen LogP) is 2.91. The fraction of sp³-hybridized carbons (Fsp3) is 0.389. The molecule has 5 nitrogen and oxygen atoms in total. The van der Waals surface area contributed by atoms with Crippen LogP contribution < -0.4 is 5.56 Å². The highest BCUT2D eigenvalue weighted by molar-refractivity contribution is 7.09. The van der Waals surface area contributed by atoms with Gasteiger partial charge in [0.2, 0.25) is 0 Å². The molecule has 0 N–H and O–H groups in total. The summed E-state index contributed by atoms with van der Waals surface area (Å²) in [4.78, 5) is 23.8. The molecule has 0 atom stereocenters. The van der Waals surface area contributed by atoms with Crippen LogP contribution in [0.3, 0.4) is 0 Å². The molecule has 0 aromatic carbocycles. The highest BCUT2D eigenvalue weighted by atomic mass is 32.1. The van der Waals surface area contributed by atoms with Crippen molar-refractivity contribution in [2.75, 3.05) is 6.54 Å². The summed E-state index contributed by atoms with van der Waals surface area (Å²) in [5, 5.41) is 3.14. The minimum absolute atomic E-state index is 0.0169. The molecule has 0 aliphatic rings. The first-order valence-electron chi connectivity index (χ1n) is 8.15. The lowest BCUT2D eigenvalue weighted by atomic mass is 10.2. The summed E-state index contributed by atoms with van der Waals surface area (Å²) in [6.45, 7) is 7.83. The van der Waals surface area contributed by atoms with Gasteiger partial charge in [-0.2, -0.15) is 0 Å². The Balaban J connectivity index is 1.82. The summed E-state index contributed by atoms with van der Waals surface area (Å²) in [5.74, 6) is 0. The summed E-state index contributed by atoms with van der Waals surface area (Å²) in [6, 6.07) is 7.77. The lowest BCUT2D eigenvalue weighted by Gasteiger charge is -2.25. The summed E-state index contributed by atoms with van der Waals surface area (Å²) in [7, 11) is 0. The molecule has 0 bridgehead atoms. The maximum absolute atomic E-state index is 12.4. The van der Waals surface area contributed by atoms with E-state index in [-0.39, 0.29) is 5.56 Å². The van der Waals surface area contributed by atoms with Gasteiger partial charge in [0.15, 0.2) is 0 Å². The monoisotopic (exact) mass is 342 g/mol. The number of nitrogens with zero attached hydrogens (tertiary/aromatic N) is 4. The van der Waals surface area contributed by atoms with E-state index in [0.29, 0.717) is 18.2 Å². The van der Waals surface area contributed by atoms with Crippen molar-refractivity contribution >= 4 is 17.0 Å². The van der Waals surface area contributed by atoms with Crippen molar-refractivity contribution in [2.45, 2.75) is 39.8 Å². The van der Waals surface area contributed by atoms with Crippen LogP contribution in [0.5, 0.6) is 0 Å². The maximum atomic E-state index is 12.4. The fourth-order valence-corrected chi connectivity index (χ4v) is 3.40. The number of aryl methyl sites for hydroxylation is 1. The van der Waals surface area contributed by atoms with E-state index >= 15 is 0 Å². The second-order valence-electron chi connectivity index (χ2n) is 6.19. The topological polar surface area (TPSA) is 50.5 Å². The van der Waals surface area contributed by atoms with Crippen LogP contribution in [-0.4, -0.2) is 31.9 Å². The number of hydrogen-bond donors (Lipinski definition) is 0. The molecule has 0 saturated heterocycles. The number of fused-ring (bicyclic) bond motifs is 1. The Morgan fingerprint density at radius 1 is 1.33 bits per heavy atom. The second kappa shape index (κ2) is 7.23. The van der Waals surface area contributed by atoms with Gasteiger partial charge in [-0.15, -0.1) is 11.3 Å². The zero-order valence-electron chi connectivity index (χ0n) is 14.3. The van der Waals surface area contributed by atoms with Crippen LogP contribution in [0, 0.1) is 6.92 Å². The minimum Gasteiger partial charge on any atom is -0.295 e. The van der Waals surface area contributed by atoms with E-state index in [1.807, 2.05) is 36.7 Å². The molecule has 126 valence electrons. The maximum Gasteiger partial charge on any atom is 0.258 e. The molecule has 0 spiro atoms. The van der Waals surface area contributed by atoms with Gasteiger partial charge in [-0.05, 0) is 32.9 Å². The Hall–Kier alpha value is -2.05. The van der Waals surface area contributed by atoms with E-state index in [1.54, 1.807) is 21.8 Å². The van der Waals surface area contributed by atoms with Gasteiger partial charge in [0.25, 0.3) is 5.56 Å². The van der Waals surface area contributed by atoms with Gasteiger partial charge in [0.1, 0.15) is 5.65 Å². The van der Waals surface area contributed by atoms with E-state index in [0.717, 1.165) is 29.4 Å². The highest BCUT2D eigenvalue weighted by Crippen LogP contribution is 2.11. The fourth-order valence-electron chi connectivity index (χ4n) is 2.79. The average molecular weight is 342 g/mol. The molecule has 6 heteroatoms. The quantitative estimate of drug-likeness (QED) is 0.691. The molecule has 0 radical (unpaired) electrons. The highest BCUT2D eigenvalue weighted by Gasteiger charge is 2.13. The van der Waals surface area contributed by atoms with Crippen LogP contribution in [0.1, 0.15) is 30.2 Å². The molecule has 0 aliphatic heterocycles. The molecule has 0 saturated carbocycles. The van der Waals surface area contributed by atoms with E-state index in [1.165, 1.54) is 0 Å². The first-order chi connectivity index (χ1) is 11.5. The lowest BCUT2D eigenvalue weighted by molar-refractivity contribution is 0.213. The van der Waals surface area contributed by atoms with Gasteiger partial charge in [-0.3, -0.25) is 14.1 Å². The van der Waals surface area contributed by atoms with Gasteiger partial charge < -0.3 is 0 Å². The third kappa shape index (κ3) is 3.71. The summed E-state index contributed by atoms with van der Waals surface area (Å²) >= 11 is 1.68. The molecule has 3 heterocycles. The molecule has 3 rings (SSSR count). The minimum atomic E-state index is -0.0169. The molecule has 0 fully saturated rings. The Morgan fingerprint density at radius 3 is 2.88 bits per heavy atom. The molecule has 3 aromatic heterocycles. The Bertz CT molecular complexity index is 870. The van der Waals surface area contributed by atoms with Crippen molar-refractivity contribution in [2.24, 2.45) is 0 Å². The van der Waals surface area contributed by atoms with Crippen LogP contribution >= 0.6 is 11.3 Å². The molecule has 0 amide bonds. The van der Waals surface area contributed by atoms with Crippen LogP contribution in [0.15, 0.2) is 40.6 Å². The van der Waals surface area contributed by atoms with Crippen molar-refractivity contribution in [1.29, 1.82) is 0 Å². The van der Waals surface area contributed by atoms with E-state index in [4.69, 9.17) is 0 Å². The van der Waals surface area contributed by atoms with Crippen LogP contribution in [0.4, 0.5) is 0 Å². The van der Waals surface area contributed by atoms with E-state index < -0.39 is 0 Å². The van der Waals surface area contributed by atoms with Crippen molar-refractivity contribution in [3.8, 4) is 0 Å². The summed E-state index contributed by atoms with van der Waals surface area (Å²) in [5.41, 5.74) is 2.41. The number of aromatic nitrogens is 3. The standard InChI is InChI=1S/C18H22N4OS/c1-13(2)21(9-7-17-19-8-10-24-17)12-15-11-18(23)22-14(3)5-4-6-16(22)20-15/h4-6,8,10-11,13H,7,9,12H2,1-3H3. The molecular formula is C18H22N4OS. The first-order valence-corrected chi connectivity index (χ1v) is 9.03. The van der Waals surface area contributed by atoms with Crippen LogP contribution in [0.25, 0.3) is 5.65 Å². The van der Waals surface area contributed by atoms with Gasteiger partial charge in [-0.25, -0.2) is 9.97 Å². The van der Waals surface area contributed by atoms with Crippen molar-refractivity contribution in [3.05, 3.63) is 62.6 Å². The third-order valence-corrected chi connectivity index (χ3v) is 4.96. The largest absolute Gasteiger partial charge is 0.295 e. The molecular weight excluding hydrogens is 320 g/mol. The zero-order chi connectivity index (χ0) is 17.1. The number of thiazole rings is 1. The van der Waals surface area contributed by atoms with Crippen molar-refractivity contribution in [3.63, 3.8) is 0 Å². The van der Waals surface area contributed by atoms with E-state index in [2.05, 4.69) is 28.7 Å². The normalized spacial score (nSPS) is 11.7. The summed E-state index contributed by atoms with van der Waals surface area (Å²) in [6.07, 6.45) is 2.76. The summed E-state index contributed by atoms with van der Waals surface area (Å²) < 4.78 is 1.65. The molecule has 0 unspecified atom stereocenters. The zero-order valence-corrected chi connectivity index (χ0v) is 15.1. The van der Waals surface area contributed by atoms with Gasteiger partial charge in [0, 0.05) is 48.9 Å². The Labute approximate surface area is 145 Å². The second-order valence-corrected chi connectivity index (χ2v) is 7.17. The smallest absolute Gasteiger partial charge is 0.258 e. The predicted molar refractivity (Wildman–Crippen MR) is 97.6 cm³/mol. The van der Waals surface area contributed by atoms with Crippen LogP contribution in [-0.2, 0) is 13.0 Å². The van der Waals surface area contributed by atoms with Crippen molar-refractivity contribution < 1.29 is 0 Å². The third-order valence-electron chi connectivity index (χ3n) is 4.12. The lowest BCUT2D eigenvalue weighted by Crippen LogP contribution is -2.33. The first kappa shape index (κ1) is 16.8. The average Bonchev–Trinajstić information content (AvgIpc) is 3.04. The molecule has 3 aromatic rings. The Morgan fingerprint density at radius 2 is 2.17 bits per heavy atom. The number of pyridine rings is 1. The van der Waals surface area contributed by atoms with Gasteiger partial charge in [-0.1, -0.05) is 6.07 Å².